The van der Waals surface area contributed by atoms with Crippen LogP contribution in [0.2, 0.25) is 0 Å². The first-order chi connectivity index (χ1) is 9.65. The minimum atomic E-state index is -2.34. The lowest BCUT2D eigenvalue weighted by Crippen LogP contribution is -2.28. The van der Waals surface area contributed by atoms with Gasteiger partial charge in [0.15, 0.2) is 0 Å². The summed E-state index contributed by atoms with van der Waals surface area (Å²) in [5.41, 5.74) is 1.71. The third-order valence-electron chi connectivity index (χ3n) is 4.40. The number of halogens is 2. The Morgan fingerprint density at radius 2 is 2.05 bits per heavy atom. The molecule has 2 heterocycles. The molecule has 3 rings (SSSR count). The van der Waals surface area contributed by atoms with Crippen LogP contribution in [0.5, 0.6) is 0 Å². The fourth-order valence-corrected chi connectivity index (χ4v) is 3.84. The van der Waals surface area contributed by atoms with Gasteiger partial charge in [-0.15, -0.1) is 0 Å². The topological polar surface area (TPSA) is 15.3 Å². The molecule has 0 aromatic heterocycles. The molecule has 0 bridgehead atoms. The van der Waals surface area contributed by atoms with E-state index in [0.717, 1.165) is 32.7 Å². The van der Waals surface area contributed by atoms with Crippen molar-refractivity contribution >= 4 is 11.8 Å². The van der Waals surface area contributed by atoms with Gasteiger partial charge in [-0.1, -0.05) is 23.9 Å². The molecule has 0 radical (unpaired) electrons. The summed E-state index contributed by atoms with van der Waals surface area (Å²) in [6.45, 7) is 5.53. The Labute approximate surface area is 122 Å². The molecule has 2 fully saturated rings. The number of likely N-dealkylation sites (tertiary alicyclic amines) is 1. The zero-order chi connectivity index (χ0) is 14.0. The van der Waals surface area contributed by atoms with Gasteiger partial charge in [0.2, 0.25) is 0 Å². The number of nitrogens with one attached hydrogen (secondary N) is 1. The monoisotopic (exact) mass is 298 g/mol. The van der Waals surface area contributed by atoms with Gasteiger partial charge in [-0.05, 0) is 49.0 Å². The van der Waals surface area contributed by atoms with E-state index < -0.39 is 5.76 Å². The molecule has 1 N–H and O–H groups in total. The lowest BCUT2D eigenvalue weighted by Gasteiger charge is -2.22. The second-order valence-corrected chi connectivity index (χ2v) is 6.97. The van der Waals surface area contributed by atoms with Crippen molar-refractivity contribution in [1.82, 2.24) is 10.2 Å². The average molecular weight is 298 g/mol. The lowest BCUT2D eigenvalue weighted by molar-refractivity contribution is 0.252. The highest BCUT2D eigenvalue weighted by atomic mass is 32.2. The number of hydrogen-bond acceptors (Lipinski definition) is 3. The number of thioether (sulfide) groups is 1. The minimum absolute atomic E-state index is 0.492. The molecule has 0 aliphatic carbocycles. The van der Waals surface area contributed by atoms with Crippen LogP contribution in [0.4, 0.5) is 8.78 Å². The number of nitrogens with zero attached hydrogens (tertiary/aromatic N) is 1. The molecular weight excluding hydrogens is 278 g/mol. The molecule has 0 saturated carbocycles. The van der Waals surface area contributed by atoms with Crippen molar-refractivity contribution in [1.29, 1.82) is 0 Å². The fourth-order valence-electron chi connectivity index (χ4n) is 3.34. The molecule has 5 heteroatoms. The van der Waals surface area contributed by atoms with Crippen LogP contribution in [0.3, 0.4) is 0 Å². The molecule has 1 aromatic rings. The van der Waals surface area contributed by atoms with E-state index in [9.17, 15) is 8.78 Å². The third-order valence-corrected chi connectivity index (χ3v) is 5.13. The van der Waals surface area contributed by atoms with Gasteiger partial charge >= 0.3 is 0 Å². The van der Waals surface area contributed by atoms with Gasteiger partial charge in [0.25, 0.3) is 5.76 Å². The van der Waals surface area contributed by atoms with Gasteiger partial charge in [-0.2, -0.15) is 8.78 Å². The van der Waals surface area contributed by atoms with Crippen LogP contribution in [-0.2, 0) is 6.54 Å². The van der Waals surface area contributed by atoms with Crippen LogP contribution in [0.25, 0.3) is 0 Å². The van der Waals surface area contributed by atoms with Crippen LogP contribution in [0.15, 0.2) is 29.2 Å². The smallest absolute Gasteiger partial charge is 0.288 e. The van der Waals surface area contributed by atoms with E-state index >= 15 is 0 Å². The van der Waals surface area contributed by atoms with Gasteiger partial charge in [-0.3, -0.25) is 4.90 Å². The van der Waals surface area contributed by atoms with Crippen molar-refractivity contribution in [2.45, 2.75) is 30.0 Å². The van der Waals surface area contributed by atoms with E-state index in [4.69, 9.17) is 0 Å². The molecule has 1 aromatic carbocycles. The first-order valence-corrected chi connectivity index (χ1v) is 8.00. The zero-order valence-electron chi connectivity index (χ0n) is 11.4. The summed E-state index contributed by atoms with van der Waals surface area (Å²) in [6.07, 6.45) is 2.56. The number of rotatable bonds is 4. The van der Waals surface area contributed by atoms with Crippen molar-refractivity contribution < 1.29 is 8.78 Å². The van der Waals surface area contributed by atoms with Crippen LogP contribution >= 0.6 is 11.8 Å². The zero-order valence-corrected chi connectivity index (χ0v) is 12.3. The van der Waals surface area contributed by atoms with Gasteiger partial charge in [-0.25, -0.2) is 0 Å². The standard InChI is InChI=1S/C15H20F2N2S/c16-14(17)20-13-3-1-12(2-4-13)9-19-8-6-15(11-19)5-7-18-10-15/h1-4,14,18H,5-11H2. The molecule has 2 nitrogen and oxygen atoms in total. The maximum Gasteiger partial charge on any atom is 0.288 e. The normalized spacial score (nSPS) is 26.9. The van der Waals surface area contributed by atoms with Crippen LogP contribution in [-0.4, -0.2) is 36.8 Å². The second-order valence-electron chi connectivity index (χ2n) is 5.91. The van der Waals surface area contributed by atoms with E-state index in [0.29, 0.717) is 22.1 Å². The predicted octanol–water partition coefficient (Wildman–Crippen LogP) is 3.19. The molecule has 20 heavy (non-hydrogen) atoms. The summed E-state index contributed by atoms with van der Waals surface area (Å²) in [7, 11) is 0. The van der Waals surface area contributed by atoms with Gasteiger partial charge in [0.05, 0.1) is 0 Å². The fraction of sp³-hybridized carbons (Fsp3) is 0.600. The average Bonchev–Trinajstić information content (AvgIpc) is 3.02. The SMILES string of the molecule is FC(F)Sc1ccc(CN2CCC3(CCNC3)C2)cc1. The van der Waals surface area contributed by atoms with Gasteiger partial charge < -0.3 is 5.32 Å². The van der Waals surface area contributed by atoms with Gasteiger partial charge in [0, 0.05) is 24.5 Å². The Kier molecular flexibility index (Phi) is 4.29. The van der Waals surface area contributed by atoms with E-state index in [1.807, 2.05) is 12.1 Å². The molecule has 2 saturated heterocycles. The molecule has 110 valence electrons. The highest BCUT2D eigenvalue weighted by Gasteiger charge is 2.39. The van der Waals surface area contributed by atoms with E-state index in [2.05, 4.69) is 10.2 Å². The van der Waals surface area contributed by atoms with Crippen molar-refractivity contribution in [2.75, 3.05) is 26.2 Å². The minimum Gasteiger partial charge on any atom is -0.316 e. The van der Waals surface area contributed by atoms with Crippen molar-refractivity contribution in [3.05, 3.63) is 29.8 Å². The van der Waals surface area contributed by atoms with E-state index in [1.54, 1.807) is 12.1 Å². The summed E-state index contributed by atoms with van der Waals surface area (Å²) in [6, 6.07) is 7.55. The molecule has 1 unspecified atom stereocenters. The molecule has 2 aliphatic heterocycles. The van der Waals surface area contributed by atoms with Crippen molar-refractivity contribution in [3.8, 4) is 0 Å². The number of benzene rings is 1. The summed E-state index contributed by atoms with van der Waals surface area (Å²) in [5.74, 6) is -2.34. The lowest BCUT2D eigenvalue weighted by atomic mass is 9.87. The Balaban J connectivity index is 1.56. The maximum atomic E-state index is 12.3. The third kappa shape index (κ3) is 3.32. The Morgan fingerprint density at radius 1 is 1.25 bits per heavy atom. The summed E-state index contributed by atoms with van der Waals surface area (Å²) < 4.78 is 24.5. The molecule has 1 atom stereocenters. The second kappa shape index (κ2) is 6.00. The van der Waals surface area contributed by atoms with Crippen LogP contribution in [0, 0.1) is 5.41 Å². The van der Waals surface area contributed by atoms with E-state index in [-0.39, 0.29) is 0 Å². The summed E-state index contributed by atoms with van der Waals surface area (Å²) in [4.78, 5) is 3.13. The van der Waals surface area contributed by atoms with Crippen LogP contribution in [0.1, 0.15) is 18.4 Å². The van der Waals surface area contributed by atoms with Crippen molar-refractivity contribution in [3.63, 3.8) is 0 Å². The summed E-state index contributed by atoms with van der Waals surface area (Å²) in [5, 5.41) is 3.46. The summed E-state index contributed by atoms with van der Waals surface area (Å²) >= 11 is 0.610. The quantitative estimate of drug-likeness (QED) is 0.860. The van der Waals surface area contributed by atoms with Gasteiger partial charge in [0.1, 0.15) is 0 Å². The Bertz CT molecular complexity index is 444. The van der Waals surface area contributed by atoms with E-state index in [1.165, 1.54) is 18.4 Å². The molecule has 2 aliphatic rings. The maximum absolute atomic E-state index is 12.3. The number of hydrogen-bond donors (Lipinski definition) is 1. The largest absolute Gasteiger partial charge is 0.316 e. The van der Waals surface area contributed by atoms with Crippen LogP contribution < -0.4 is 5.32 Å². The predicted molar refractivity (Wildman–Crippen MR) is 78.1 cm³/mol. The Morgan fingerprint density at radius 3 is 2.70 bits per heavy atom. The number of alkyl halides is 2. The molecule has 1 spiro atoms. The Hall–Kier alpha value is -0.650. The highest BCUT2D eigenvalue weighted by molar-refractivity contribution is 7.99. The first-order valence-electron chi connectivity index (χ1n) is 7.12. The molecule has 0 amide bonds. The van der Waals surface area contributed by atoms with Crippen molar-refractivity contribution in [2.24, 2.45) is 5.41 Å². The molecular formula is C15H20F2N2S. The highest BCUT2D eigenvalue weighted by Crippen LogP contribution is 2.36. The first kappa shape index (κ1) is 14.3.